The molecule has 1 aromatic heterocycles. The van der Waals surface area contributed by atoms with Gasteiger partial charge in [-0.2, -0.15) is 0 Å². The van der Waals surface area contributed by atoms with Crippen molar-refractivity contribution in [1.82, 2.24) is 0 Å². The molecule has 0 amide bonds. The van der Waals surface area contributed by atoms with Crippen molar-refractivity contribution in [3.8, 4) is 0 Å². The summed E-state index contributed by atoms with van der Waals surface area (Å²) >= 11 is 4.44. The molecule has 2 rings (SSSR count). The summed E-state index contributed by atoms with van der Waals surface area (Å²) in [6.07, 6.45) is 0. The normalized spacial score (nSPS) is 11.9. The Bertz CT molecular complexity index is 738. The summed E-state index contributed by atoms with van der Waals surface area (Å²) < 4.78 is 27.9. The Kier molecular flexibility index (Phi) is 5.08. The topological polar surface area (TPSA) is 66.4 Å². The number of benzene rings is 1. The van der Waals surface area contributed by atoms with Crippen LogP contribution in [0.1, 0.15) is 30.2 Å². The Morgan fingerprint density at radius 3 is 2.62 bits per heavy atom. The van der Waals surface area contributed by atoms with Crippen molar-refractivity contribution in [2.45, 2.75) is 31.3 Å². The number of aliphatic hydroxyl groups excluding tert-OH is 1. The maximum Gasteiger partial charge on any atom is 0.263 e. The van der Waals surface area contributed by atoms with Crippen LogP contribution in [0.3, 0.4) is 0 Å². The Labute approximate surface area is 137 Å². The third-order valence-electron chi connectivity index (χ3n) is 2.96. The molecule has 0 spiro atoms. The van der Waals surface area contributed by atoms with Gasteiger partial charge in [-0.25, -0.2) is 8.42 Å². The highest BCUT2D eigenvalue weighted by atomic mass is 79.9. The first kappa shape index (κ1) is 16.5. The van der Waals surface area contributed by atoms with Crippen LogP contribution in [0.4, 0.5) is 5.69 Å². The van der Waals surface area contributed by atoms with Crippen LogP contribution >= 0.6 is 27.3 Å². The molecule has 4 nitrogen and oxygen atoms in total. The third-order valence-corrected chi connectivity index (χ3v) is 6.58. The minimum atomic E-state index is -3.67. The Balaban J connectivity index is 2.33. The van der Waals surface area contributed by atoms with Gasteiger partial charge in [-0.05, 0) is 45.6 Å². The van der Waals surface area contributed by atoms with Crippen molar-refractivity contribution in [2.24, 2.45) is 0 Å². The minimum Gasteiger partial charge on any atom is -0.391 e. The predicted octanol–water partition coefficient (Wildman–Crippen LogP) is 3.93. The monoisotopic (exact) mass is 389 g/mol. The smallest absolute Gasteiger partial charge is 0.263 e. The van der Waals surface area contributed by atoms with Crippen LogP contribution in [0, 0.1) is 0 Å². The fraction of sp³-hybridized carbons (Fsp3) is 0.286. The molecule has 0 atom stereocenters. The van der Waals surface area contributed by atoms with E-state index in [2.05, 4.69) is 34.5 Å². The molecule has 0 bridgehead atoms. The van der Waals surface area contributed by atoms with Gasteiger partial charge in [-0.15, -0.1) is 11.3 Å². The first-order valence-electron chi connectivity index (χ1n) is 6.35. The molecule has 0 aliphatic rings. The summed E-state index contributed by atoms with van der Waals surface area (Å²) in [7, 11) is -3.67. The average Bonchev–Trinajstić information content (AvgIpc) is 2.80. The number of rotatable bonds is 5. The fourth-order valence-electron chi connectivity index (χ4n) is 1.83. The molecule has 21 heavy (non-hydrogen) atoms. The second-order valence-electron chi connectivity index (χ2n) is 4.89. The van der Waals surface area contributed by atoms with E-state index in [9.17, 15) is 8.42 Å². The van der Waals surface area contributed by atoms with Crippen LogP contribution in [-0.4, -0.2) is 13.5 Å². The minimum absolute atomic E-state index is 0.145. The number of hydrogen-bond acceptors (Lipinski definition) is 4. The van der Waals surface area contributed by atoms with Gasteiger partial charge in [-0.3, -0.25) is 4.72 Å². The van der Waals surface area contributed by atoms with Crippen LogP contribution in [0.15, 0.2) is 39.0 Å². The lowest BCUT2D eigenvalue weighted by atomic mass is 10.0. The first-order chi connectivity index (χ1) is 9.83. The highest BCUT2D eigenvalue weighted by Crippen LogP contribution is 2.33. The van der Waals surface area contributed by atoms with Crippen LogP contribution in [0.2, 0.25) is 0 Å². The zero-order valence-corrected chi connectivity index (χ0v) is 14.8. The van der Waals surface area contributed by atoms with E-state index in [-0.39, 0.29) is 11.5 Å². The van der Waals surface area contributed by atoms with Crippen molar-refractivity contribution in [3.05, 3.63) is 44.6 Å². The third kappa shape index (κ3) is 3.85. The Morgan fingerprint density at radius 2 is 2.05 bits per heavy atom. The van der Waals surface area contributed by atoms with E-state index in [1.807, 2.05) is 18.2 Å². The molecule has 0 saturated carbocycles. The van der Waals surface area contributed by atoms with E-state index in [0.717, 1.165) is 5.56 Å². The molecular formula is C14H16BrNO3S2. The maximum atomic E-state index is 12.4. The van der Waals surface area contributed by atoms with E-state index in [1.54, 1.807) is 6.07 Å². The lowest BCUT2D eigenvalue weighted by molar-refractivity contribution is 0.285. The van der Waals surface area contributed by atoms with Gasteiger partial charge in [0.1, 0.15) is 4.90 Å². The molecule has 7 heteroatoms. The number of anilines is 1. The molecule has 2 N–H and O–H groups in total. The van der Waals surface area contributed by atoms with Crippen LogP contribution in [0.25, 0.3) is 0 Å². The van der Waals surface area contributed by atoms with Crippen LogP contribution in [-0.2, 0) is 16.6 Å². The summed E-state index contributed by atoms with van der Waals surface area (Å²) in [4.78, 5) is 0.740. The maximum absolute atomic E-state index is 12.4. The van der Waals surface area contributed by atoms with Gasteiger partial charge in [0.15, 0.2) is 0 Å². The molecule has 0 saturated heterocycles. The summed E-state index contributed by atoms with van der Waals surface area (Å²) in [5.74, 6) is 0.323. The van der Waals surface area contributed by atoms with E-state index >= 15 is 0 Å². The van der Waals surface area contributed by atoms with Crippen molar-refractivity contribution in [3.63, 3.8) is 0 Å². The Morgan fingerprint density at radius 1 is 1.33 bits per heavy atom. The molecule has 0 unspecified atom stereocenters. The zero-order chi connectivity index (χ0) is 15.6. The summed E-state index contributed by atoms with van der Waals surface area (Å²) in [5, 5.41) is 9.10. The Hall–Kier alpha value is -0.890. The van der Waals surface area contributed by atoms with Gasteiger partial charge in [0.2, 0.25) is 0 Å². The molecule has 0 radical (unpaired) electrons. The predicted molar refractivity (Wildman–Crippen MR) is 89.3 cm³/mol. The van der Waals surface area contributed by atoms with Gasteiger partial charge in [0.25, 0.3) is 10.0 Å². The molecule has 114 valence electrons. The average molecular weight is 390 g/mol. The standard InChI is InChI=1S/C14H16BrNO3S2/c1-9(2)10-4-3-5-11(6-10)16-21(18,19)13-7-12(8-17)20-14(13)15/h3-7,9,16-17H,8H2,1-2H3. The van der Waals surface area contributed by atoms with Gasteiger partial charge in [0.05, 0.1) is 10.4 Å². The summed E-state index contributed by atoms with van der Waals surface area (Å²) in [6.45, 7) is 3.93. The first-order valence-corrected chi connectivity index (χ1v) is 9.44. The number of nitrogens with one attached hydrogen (secondary N) is 1. The van der Waals surface area contributed by atoms with Gasteiger partial charge in [0, 0.05) is 10.6 Å². The fourth-order valence-corrected chi connectivity index (χ4v) is 5.42. The second kappa shape index (κ2) is 6.48. The lowest BCUT2D eigenvalue weighted by Gasteiger charge is -2.10. The highest BCUT2D eigenvalue weighted by Gasteiger charge is 2.21. The largest absolute Gasteiger partial charge is 0.391 e. The SMILES string of the molecule is CC(C)c1cccc(NS(=O)(=O)c2cc(CO)sc2Br)c1. The molecule has 0 aliphatic carbocycles. The van der Waals surface area contributed by atoms with E-state index in [1.165, 1.54) is 17.4 Å². The molecule has 0 aliphatic heterocycles. The molecule has 1 aromatic carbocycles. The zero-order valence-electron chi connectivity index (χ0n) is 11.6. The summed E-state index contributed by atoms with van der Waals surface area (Å²) in [6, 6.07) is 8.82. The number of aliphatic hydroxyl groups is 1. The van der Waals surface area contributed by atoms with Crippen molar-refractivity contribution < 1.29 is 13.5 Å². The van der Waals surface area contributed by atoms with Gasteiger partial charge < -0.3 is 5.11 Å². The number of sulfonamides is 1. The van der Waals surface area contributed by atoms with Crippen LogP contribution < -0.4 is 4.72 Å². The second-order valence-corrected chi connectivity index (χ2v) is 9.00. The van der Waals surface area contributed by atoms with Crippen molar-refractivity contribution in [1.29, 1.82) is 0 Å². The van der Waals surface area contributed by atoms with Crippen LogP contribution in [0.5, 0.6) is 0 Å². The molecular weight excluding hydrogens is 374 g/mol. The van der Waals surface area contributed by atoms with E-state index in [0.29, 0.717) is 20.3 Å². The van der Waals surface area contributed by atoms with Crippen molar-refractivity contribution in [2.75, 3.05) is 4.72 Å². The van der Waals surface area contributed by atoms with E-state index < -0.39 is 10.0 Å². The molecule has 0 fully saturated rings. The number of halogens is 1. The number of hydrogen-bond donors (Lipinski definition) is 2. The quantitative estimate of drug-likeness (QED) is 0.813. The lowest BCUT2D eigenvalue weighted by Crippen LogP contribution is -2.12. The summed E-state index contributed by atoms with van der Waals surface area (Å²) in [5.41, 5.74) is 1.60. The van der Waals surface area contributed by atoms with Crippen molar-refractivity contribution >= 4 is 43.0 Å². The van der Waals surface area contributed by atoms with E-state index in [4.69, 9.17) is 5.11 Å². The highest BCUT2D eigenvalue weighted by molar-refractivity contribution is 9.11. The molecule has 1 heterocycles. The molecule has 2 aromatic rings. The van der Waals surface area contributed by atoms with Gasteiger partial charge in [-0.1, -0.05) is 26.0 Å². The number of thiophene rings is 1. The van der Waals surface area contributed by atoms with Gasteiger partial charge >= 0.3 is 0 Å².